The van der Waals surface area contributed by atoms with Crippen LogP contribution in [0.15, 0.2) is 23.2 Å². The van der Waals surface area contributed by atoms with Crippen LogP contribution < -0.4 is 4.74 Å². The van der Waals surface area contributed by atoms with Gasteiger partial charge in [0.05, 0.1) is 7.11 Å². The van der Waals surface area contributed by atoms with Crippen molar-refractivity contribution in [3.8, 4) is 5.75 Å². The van der Waals surface area contributed by atoms with Crippen molar-refractivity contribution in [1.29, 1.82) is 0 Å². The normalized spacial score (nSPS) is 10.6. The lowest BCUT2D eigenvalue weighted by Gasteiger charge is -2.04. The third-order valence-electron chi connectivity index (χ3n) is 1.71. The van der Waals surface area contributed by atoms with Gasteiger partial charge in [-0.05, 0) is 24.1 Å². The van der Waals surface area contributed by atoms with Crippen molar-refractivity contribution < 1.29 is 4.74 Å². The minimum atomic E-state index is 0.910. The molecule has 0 saturated heterocycles. The molecule has 0 fully saturated rings. The van der Waals surface area contributed by atoms with Crippen LogP contribution in [0.3, 0.4) is 0 Å². The van der Waals surface area contributed by atoms with Gasteiger partial charge in [0.2, 0.25) is 0 Å². The lowest BCUT2D eigenvalue weighted by Crippen LogP contribution is -1.89. The number of methoxy groups -OCH3 is 1. The first-order valence-electron chi connectivity index (χ1n) is 3.84. The van der Waals surface area contributed by atoms with Gasteiger partial charge in [-0.15, -0.1) is 0 Å². The molecular formula is C10H13NO. The van der Waals surface area contributed by atoms with Gasteiger partial charge >= 0.3 is 0 Å². The van der Waals surface area contributed by atoms with E-state index >= 15 is 0 Å². The molecule has 1 rings (SSSR count). The van der Waals surface area contributed by atoms with Crippen LogP contribution in [0.4, 0.5) is 0 Å². The van der Waals surface area contributed by atoms with E-state index in [4.69, 9.17) is 4.74 Å². The van der Waals surface area contributed by atoms with E-state index in [0.717, 1.165) is 16.9 Å². The summed E-state index contributed by atoms with van der Waals surface area (Å²) in [4.78, 5) is 3.93. The van der Waals surface area contributed by atoms with Crippen LogP contribution in [0.1, 0.15) is 11.1 Å². The molecule has 0 aliphatic heterocycles. The molecule has 12 heavy (non-hydrogen) atoms. The van der Waals surface area contributed by atoms with Crippen molar-refractivity contribution in [3.05, 3.63) is 29.3 Å². The van der Waals surface area contributed by atoms with Crippen LogP contribution in [0.5, 0.6) is 5.75 Å². The van der Waals surface area contributed by atoms with Gasteiger partial charge in [0.1, 0.15) is 5.75 Å². The van der Waals surface area contributed by atoms with E-state index in [9.17, 15) is 0 Å². The number of hydrogen-bond acceptors (Lipinski definition) is 2. The predicted molar refractivity (Wildman–Crippen MR) is 51.2 cm³/mol. The van der Waals surface area contributed by atoms with E-state index in [2.05, 4.69) is 4.99 Å². The molecule has 0 unspecified atom stereocenters. The molecule has 2 nitrogen and oxygen atoms in total. The summed E-state index contributed by atoms with van der Waals surface area (Å²) in [5, 5.41) is 0. The van der Waals surface area contributed by atoms with E-state index < -0.39 is 0 Å². The van der Waals surface area contributed by atoms with Crippen molar-refractivity contribution in [2.24, 2.45) is 4.99 Å². The molecule has 0 spiro atoms. The number of aryl methyl sites for hydroxylation is 1. The van der Waals surface area contributed by atoms with Gasteiger partial charge in [-0.1, -0.05) is 12.1 Å². The molecule has 0 aromatic heterocycles. The first-order valence-corrected chi connectivity index (χ1v) is 3.84. The van der Waals surface area contributed by atoms with E-state index in [0.29, 0.717) is 0 Å². The number of hydrogen-bond donors (Lipinski definition) is 0. The second-order valence-corrected chi connectivity index (χ2v) is 2.62. The number of aliphatic imine (C=N–C) groups is 1. The maximum absolute atomic E-state index is 5.17. The lowest BCUT2D eigenvalue weighted by atomic mass is 10.1. The summed E-state index contributed by atoms with van der Waals surface area (Å²) in [6, 6.07) is 6.02. The molecule has 2 heteroatoms. The second-order valence-electron chi connectivity index (χ2n) is 2.62. The number of nitrogens with zero attached hydrogens (tertiary/aromatic N) is 1. The minimum absolute atomic E-state index is 0.910. The van der Waals surface area contributed by atoms with Crippen molar-refractivity contribution in [2.75, 3.05) is 14.2 Å². The van der Waals surface area contributed by atoms with E-state index in [1.807, 2.05) is 31.3 Å². The van der Waals surface area contributed by atoms with Crippen molar-refractivity contribution in [1.82, 2.24) is 0 Å². The van der Waals surface area contributed by atoms with Gasteiger partial charge in [0, 0.05) is 13.3 Å². The Morgan fingerprint density at radius 1 is 1.42 bits per heavy atom. The molecule has 0 amide bonds. The summed E-state index contributed by atoms with van der Waals surface area (Å²) in [6.07, 6.45) is 1.81. The Morgan fingerprint density at radius 2 is 2.17 bits per heavy atom. The molecule has 0 radical (unpaired) electrons. The fourth-order valence-corrected chi connectivity index (χ4v) is 1.07. The molecule has 64 valence electrons. The highest BCUT2D eigenvalue weighted by Crippen LogP contribution is 2.17. The maximum Gasteiger partial charge on any atom is 0.122 e. The number of rotatable bonds is 2. The van der Waals surface area contributed by atoms with E-state index in [1.165, 1.54) is 0 Å². The Labute approximate surface area is 72.9 Å². The fraction of sp³-hybridized carbons (Fsp3) is 0.300. The van der Waals surface area contributed by atoms with Crippen LogP contribution in [0.2, 0.25) is 0 Å². The van der Waals surface area contributed by atoms with Gasteiger partial charge in [0.25, 0.3) is 0 Å². The second kappa shape index (κ2) is 3.90. The van der Waals surface area contributed by atoms with Crippen molar-refractivity contribution in [2.45, 2.75) is 6.92 Å². The molecule has 1 aromatic carbocycles. The monoisotopic (exact) mass is 163 g/mol. The zero-order valence-electron chi connectivity index (χ0n) is 7.66. The molecule has 0 atom stereocenters. The number of benzene rings is 1. The Hall–Kier alpha value is -1.31. The first-order chi connectivity index (χ1) is 5.77. The lowest BCUT2D eigenvalue weighted by molar-refractivity contribution is 0.411. The summed E-state index contributed by atoms with van der Waals surface area (Å²) in [6.45, 7) is 2.02. The predicted octanol–water partition coefficient (Wildman–Crippen LogP) is 2.05. The average molecular weight is 163 g/mol. The minimum Gasteiger partial charge on any atom is -0.496 e. The highest BCUT2D eigenvalue weighted by Gasteiger charge is 1.97. The summed E-state index contributed by atoms with van der Waals surface area (Å²) >= 11 is 0. The largest absolute Gasteiger partial charge is 0.496 e. The highest BCUT2D eigenvalue weighted by atomic mass is 16.5. The van der Waals surface area contributed by atoms with Crippen LogP contribution in [0, 0.1) is 6.92 Å². The Balaban J connectivity index is 3.05. The summed E-state index contributed by atoms with van der Waals surface area (Å²) in [5.74, 6) is 0.910. The zero-order valence-corrected chi connectivity index (χ0v) is 7.66. The zero-order chi connectivity index (χ0) is 8.97. The third-order valence-corrected chi connectivity index (χ3v) is 1.71. The molecular weight excluding hydrogens is 150 g/mol. The summed E-state index contributed by atoms with van der Waals surface area (Å²) in [5.41, 5.74) is 2.21. The van der Waals surface area contributed by atoms with Crippen LogP contribution in [-0.4, -0.2) is 20.4 Å². The molecule has 0 N–H and O–H groups in total. The molecule has 0 aliphatic rings. The average Bonchev–Trinajstić information content (AvgIpc) is 2.09. The summed E-state index contributed by atoms with van der Waals surface area (Å²) in [7, 11) is 3.43. The van der Waals surface area contributed by atoms with Crippen LogP contribution in [-0.2, 0) is 0 Å². The standard InChI is InChI=1S/C10H13NO/c1-8-4-5-9(7-11-2)6-10(8)12-3/h4-7H,1-3H3. The number of ether oxygens (including phenoxy) is 1. The third kappa shape index (κ3) is 1.84. The molecule has 0 saturated carbocycles. The first kappa shape index (κ1) is 8.78. The van der Waals surface area contributed by atoms with Crippen LogP contribution >= 0.6 is 0 Å². The molecule has 0 heterocycles. The molecule has 0 aliphatic carbocycles. The summed E-state index contributed by atoms with van der Waals surface area (Å²) < 4.78 is 5.17. The van der Waals surface area contributed by atoms with Gasteiger partial charge in [-0.2, -0.15) is 0 Å². The topological polar surface area (TPSA) is 21.6 Å². The fourth-order valence-electron chi connectivity index (χ4n) is 1.07. The Bertz CT molecular complexity index is 292. The SMILES string of the molecule is CN=Cc1ccc(C)c(OC)c1. The smallest absolute Gasteiger partial charge is 0.122 e. The highest BCUT2D eigenvalue weighted by molar-refractivity contribution is 5.80. The molecule has 0 bridgehead atoms. The maximum atomic E-state index is 5.17. The van der Waals surface area contributed by atoms with Gasteiger partial charge in [0.15, 0.2) is 0 Å². The van der Waals surface area contributed by atoms with Gasteiger partial charge < -0.3 is 4.74 Å². The van der Waals surface area contributed by atoms with Crippen molar-refractivity contribution >= 4 is 6.21 Å². The molecule has 1 aromatic rings. The Kier molecular flexibility index (Phi) is 2.86. The van der Waals surface area contributed by atoms with E-state index in [-0.39, 0.29) is 0 Å². The van der Waals surface area contributed by atoms with Crippen LogP contribution in [0.25, 0.3) is 0 Å². The quantitative estimate of drug-likeness (QED) is 0.611. The van der Waals surface area contributed by atoms with Gasteiger partial charge in [-0.3, -0.25) is 4.99 Å². The van der Waals surface area contributed by atoms with E-state index in [1.54, 1.807) is 14.2 Å². The Morgan fingerprint density at radius 3 is 2.75 bits per heavy atom. The van der Waals surface area contributed by atoms with Gasteiger partial charge in [-0.25, -0.2) is 0 Å². The van der Waals surface area contributed by atoms with Crippen molar-refractivity contribution in [3.63, 3.8) is 0 Å².